The monoisotopic (exact) mass is 366 g/mol. The van der Waals surface area contributed by atoms with E-state index in [1.165, 1.54) is 4.90 Å². The molecule has 0 radical (unpaired) electrons. The highest BCUT2D eigenvalue weighted by molar-refractivity contribution is 6.29. The third-order valence-corrected chi connectivity index (χ3v) is 4.30. The minimum atomic E-state index is -0.609. The van der Waals surface area contributed by atoms with E-state index in [4.69, 9.17) is 9.47 Å². The number of imide groups is 1. The van der Waals surface area contributed by atoms with Crippen LogP contribution in [0.25, 0.3) is 0 Å². The number of hydrogen-bond donors (Lipinski definition) is 0. The van der Waals surface area contributed by atoms with Crippen LogP contribution >= 0.6 is 0 Å². The zero-order valence-corrected chi connectivity index (χ0v) is 15.4. The predicted octanol–water partition coefficient (Wildman–Crippen LogP) is 3.07. The van der Waals surface area contributed by atoms with Gasteiger partial charge in [-0.15, -0.1) is 0 Å². The maximum absolute atomic E-state index is 13.1. The van der Waals surface area contributed by atoms with E-state index in [1.54, 1.807) is 55.8 Å². The van der Waals surface area contributed by atoms with Gasteiger partial charge in [-0.1, -0.05) is 18.2 Å². The van der Waals surface area contributed by atoms with Gasteiger partial charge in [-0.25, -0.2) is 4.90 Å². The van der Waals surface area contributed by atoms with Gasteiger partial charge in [0.05, 0.1) is 31.4 Å². The fourth-order valence-corrected chi connectivity index (χ4v) is 3.03. The lowest BCUT2D eigenvalue weighted by molar-refractivity contribution is -0.118. The molecule has 0 saturated heterocycles. The fraction of sp³-hybridized carbons (Fsp3) is 0.286. The smallest absolute Gasteiger partial charge is 0.265 e. The van der Waals surface area contributed by atoms with Gasteiger partial charge in [-0.05, 0) is 42.8 Å². The first-order chi connectivity index (χ1) is 13.2. The molecule has 2 amide bonds. The van der Waals surface area contributed by atoms with Crippen LogP contribution in [-0.2, 0) is 9.53 Å². The van der Waals surface area contributed by atoms with Gasteiger partial charge in [0.2, 0.25) is 5.91 Å². The van der Waals surface area contributed by atoms with Crippen molar-refractivity contribution in [3.05, 3.63) is 59.7 Å². The number of carbonyl (C=O) groups excluding carboxylic acids is 2. The molecule has 0 aliphatic carbocycles. The molecule has 6 heteroatoms. The standard InChI is InChI=1S/C21H22N2O4/c1-3-27-16-10-8-15(9-11-16)23-20(24)18-7-5-4-6-17(18)19(21(23)25)14-22-12-13-26-2/h4-11,14,19H,3,12-13H2,1-2H3/t19-/m0/s1. The van der Waals surface area contributed by atoms with Gasteiger partial charge < -0.3 is 9.47 Å². The predicted molar refractivity (Wildman–Crippen MR) is 104 cm³/mol. The van der Waals surface area contributed by atoms with Crippen molar-refractivity contribution in [2.45, 2.75) is 12.8 Å². The van der Waals surface area contributed by atoms with E-state index < -0.39 is 5.92 Å². The second-order valence-electron chi connectivity index (χ2n) is 6.02. The molecule has 3 rings (SSSR count). The first-order valence-corrected chi connectivity index (χ1v) is 8.86. The highest BCUT2D eigenvalue weighted by atomic mass is 16.5. The van der Waals surface area contributed by atoms with E-state index in [0.29, 0.717) is 42.3 Å². The Hall–Kier alpha value is -2.99. The second kappa shape index (κ2) is 8.60. The van der Waals surface area contributed by atoms with E-state index in [-0.39, 0.29) is 11.8 Å². The molecule has 6 nitrogen and oxygen atoms in total. The largest absolute Gasteiger partial charge is 0.494 e. The number of carbonyl (C=O) groups is 2. The summed E-state index contributed by atoms with van der Waals surface area (Å²) in [6, 6.07) is 14.1. The topological polar surface area (TPSA) is 68.2 Å². The minimum absolute atomic E-state index is 0.316. The highest BCUT2D eigenvalue weighted by Gasteiger charge is 2.38. The van der Waals surface area contributed by atoms with E-state index in [0.717, 1.165) is 0 Å². The van der Waals surface area contributed by atoms with Crippen LogP contribution in [0.1, 0.15) is 28.8 Å². The van der Waals surface area contributed by atoms with Gasteiger partial charge in [0.25, 0.3) is 5.91 Å². The Kier molecular flexibility index (Phi) is 5.98. The molecule has 2 aromatic carbocycles. The molecule has 1 aliphatic rings. The number of ether oxygens (including phenoxy) is 2. The van der Waals surface area contributed by atoms with Crippen molar-refractivity contribution in [3.63, 3.8) is 0 Å². The highest BCUT2D eigenvalue weighted by Crippen LogP contribution is 2.32. The van der Waals surface area contributed by atoms with Gasteiger partial charge in [0.1, 0.15) is 5.75 Å². The average Bonchev–Trinajstić information content (AvgIpc) is 2.69. The molecule has 27 heavy (non-hydrogen) atoms. The van der Waals surface area contributed by atoms with Gasteiger partial charge in [0, 0.05) is 18.9 Å². The third-order valence-electron chi connectivity index (χ3n) is 4.30. The maximum atomic E-state index is 13.1. The molecule has 1 aliphatic heterocycles. The van der Waals surface area contributed by atoms with Crippen LogP contribution in [-0.4, -0.2) is 44.9 Å². The summed E-state index contributed by atoms with van der Waals surface area (Å²) in [6.07, 6.45) is 1.61. The summed E-state index contributed by atoms with van der Waals surface area (Å²) in [5.41, 5.74) is 1.70. The molecule has 1 heterocycles. The molecule has 0 bridgehead atoms. The molecule has 0 aromatic heterocycles. The molecule has 0 fully saturated rings. The number of rotatable bonds is 7. The third kappa shape index (κ3) is 3.90. The zero-order chi connectivity index (χ0) is 19.2. The van der Waals surface area contributed by atoms with Crippen LogP contribution in [0.4, 0.5) is 5.69 Å². The van der Waals surface area contributed by atoms with Gasteiger partial charge in [-0.2, -0.15) is 0 Å². The summed E-state index contributed by atoms with van der Waals surface area (Å²) >= 11 is 0. The molecule has 2 aromatic rings. The van der Waals surface area contributed by atoms with E-state index in [9.17, 15) is 9.59 Å². The summed E-state index contributed by atoms with van der Waals surface area (Å²) in [6.45, 7) is 3.38. The number of amides is 2. The molecule has 0 N–H and O–H groups in total. The van der Waals surface area contributed by atoms with E-state index >= 15 is 0 Å². The van der Waals surface area contributed by atoms with Crippen molar-refractivity contribution >= 4 is 23.7 Å². The summed E-state index contributed by atoms with van der Waals surface area (Å²) in [5.74, 6) is -0.566. The Morgan fingerprint density at radius 1 is 1.11 bits per heavy atom. The Morgan fingerprint density at radius 3 is 2.56 bits per heavy atom. The number of hydrogen-bond acceptors (Lipinski definition) is 5. The average molecular weight is 366 g/mol. The quantitative estimate of drug-likeness (QED) is 0.429. The molecule has 0 spiro atoms. The van der Waals surface area contributed by atoms with E-state index in [1.807, 2.05) is 13.0 Å². The Labute approximate surface area is 158 Å². The molecular formula is C21H22N2O4. The van der Waals surface area contributed by atoms with Crippen molar-refractivity contribution in [1.82, 2.24) is 0 Å². The van der Waals surface area contributed by atoms with Gasteiger partial charge in [-0.3, -0.25) is 14.6 Å². The molecule has 0 saturated carbocycles. The maximum Gasteiger partial charge on any atom is 0.265 e. The molecule has 0 unspecified atom stereocenters. The number of fused-ring (bicyclic) bond motifs is 1. The summed E-state index contributed by atoms with van der Waals surface area (Å²) < 4.78 is 10.4. The van der Waals surface area contributed by atoms with Crippen LogP contribution in [0.5, 0.6) is 5.75 Å². The van der Waals surface area contributed by atoms with Crippen molar-refractivity contribution in [3.8, 4) is 5.75 Å². The van der Waals surface area contributed by atoms with Crippen LogP contribution in [0.2, 0.25) is 0 Å². The molecular weight excluding hydrogens is 344 g/mol. The molecule has 1 atom stereocenters. The normalized spacial score (nSPS) is 16.7. The zero-order valence-electron chi connectivity index (χ0n) is 15.4. The summed E-state index contributed by atoms with van der Waals surface area (Å²) in [4.78, 5) is 31.6. The Balaban J connectivity index is 1.96. The number of anilines is 1. The van der Waals surface area contributed by atoms with Crippen molar-refractivity contribution in [1.29, 1.82) is 0 Å². The summed E-state index contributed by atoms with van der Waals surface area (Å²) in [5, 5.41) is 0. The minimum Gasteiger partial charge on any atom is -0.494 e. The number of benzene rings is 2. The van der Waals surface area contributed by atoms with E-state index in [2.05, 4.69) is 4.99 Å². The first-order valence-electron chi connectivity index (χ1n) is 8.86. The lowest BCUT2D eigenvalue weighted by Crippen LogP contribution is -2.45. The van der Waals surface area contributed by atoms with Gasteiger partial charge >= 0.3 is 0 Å². The van der Waals surface area contributed by atoms with Gasteiger partial charge in [0.15, 0.2) is 0 Å². The first kappa shape index (κ1) is 18.8. The lowest BCUT2D eigenvalue weighted by Gasteiger charge is -2.31. The fourth-order valence-electron chi connectivity index (χ4n) is 3.03. The number of methoxy groups -OCH3 is 1. The Bertz CT molecular complexity index is 846. The number of aliphatic imine (C=N–C) groups is 1. The van der Waals surface area contributed by atoms with Crippen molar-refractivity contribution < 1.29 is 19.1 Å². The summed E-state index contributed by atoms with van der Waals surface area (Å²) in [7, 11) is 1.60. The van der Waals surface area contributed by atoms with Crippen LogP contribution in [0, 0.1) is 0 Å². The van der Waals surface area contributed by atoms with Crippen LogP contribution < -0.4 is 9.64 Å². The molecule has 140 valence electrons. The van der Waals surface area contributed by atoms with Crippen molar-refractivity contribution in [2.75, 3.05) is 31.8 Å². The second-order valence-corrected chi connectivity index (χ2v) is 6.02. The SMILES string of the molecule is CCOc1ccc(N2C(=O)c3ccccc3[C@H](C=NCCOC)C2=O)cc1. The Morgan fingerprint density at radius 2 is 1.85 bits per heavy atom. The van der Waals surface area contributed by atoms with Crippen molar-refractivity contribution in [2.24, 2.45) is 4.99 Å². The lowest BCUT2D eigenvalue weighted by atomic mass is 9.89. The van der Waals surface area contributed by atoms with Crippen LogP contribution in [0.3, 0.4) is 0 Å². The van der Waals surface area contributed by atoms with Crippen LogP contribution in [0.15, 0.2) is 53.5 Å². The number of nitrogens with zero attached hydrogens (tertiary/aromatic N) is 2.